The van der Waals surface area contributed by atoms with Gasteiger partial charge in [-0.3, -0.25) is 9.78 Å². The highest BCUT2D eigenvalue weighted by molar-refractivity contribution is 7.99. The van der Waals surface area contributed by atoms with Crippen molar-refractivity contribution in [3.05, 3.63) is 29.6 Å². The molecule has 0 radical (unpaired) electrons. The number of aryl methyl sites for hydroxylation is 1. The summed E-state index contributed by atoms with van der Waals surface area (Å²) in [4.78, 5) is 28.5. The molecule has 1 aliphatic rings. The number of nitrogens with zero attached hydrogens (tertiary/aromatic N) is 2. The van der Waals surface area contributed by atoms with Crippen molar-refractivity contribution < 1.29 is 14.7 Å². The van der Waals surface area contributed by atoms with Crippen LogP contribution in [0.5, 0.6) is 0 Å². The summed E-state index contributed by atoms with van der Waals surface area (Å²) >= 11 is 1.45. The molecule has 1 fully saturated rings. The first-order valence-corrected chi connectivity index (χ1v) is 6.29. The van der Waals surface area contributed by atoms with Gasteiger partial charge in [-0.05, 0) is 19.1 Å². The van der Waals surface area contributed by atoms with Crippen molar-refractivity contribution in [2.45, 2.75) is 13.0 Å². The van der Waals surface area contributed by atoms with Crippen molar-refractivity contribution in [2.75, 3.05) is 11.6 Å². The van der Waals surface area contributed by atoms with E-state index in [-0.39, 0.29) is 5.91 Å². The lowest BCUT2D eigenvalue weighted by Crippen LogP contribution is -2.41. The van der Waals surface area contributed by atoms with Gasteiger partial charge in [0.15, 0.2) is 0 Å². The topological polar surface area (TPSA) is 70.5 Å². The van der Waals surface area contributed by atoms with Crippen LogP contribution in [0.15, 0.2) is 18.3 Å². The molecule has 0 spiro atoms. The van der Waals surface area contributed by atoms with Gasteiger partial charge in [0.05, 0.1) is 11.4 Å². The number of carbonyl (C=O) groups is 2. The number of carboxylic acid groups (broad SMARTS) is 1. The summed E-state index contributed by atoms with van der Waals surface area (Å²) in [7, 11) is 0. The SMILES string of the molecule is Cc1ccc(C(=O)N2CSCC2C(=O)O)cn1. The Morgan fingerprint density at radius 1 is 1.53 bits per heavy atom. The molecule has 5 nitrogen and oxygen atoms in total. The minimum atomic E-state index is -0.955. The molecule has 17 heavy (non-hydrogen) atoms. The first-order chi connectivity index (χ1) is 8.09. The van der Waals surface area contributed by atoms with Gasteiger partial charge in [-0.25, -0.2) is 4.79 Å². The maximum atomic E-state index is 12.1. The van der Waals surface area contributed by atoms with Gasteiger partial charge < -0.3 is 10.0 Å². The zero-order chi connectivity index (χ0) is 12.4. The zero-order valence-electron chi connectivity index (χ0n) is 9.29. The lowest BCUT2D eigenvalue weighted by atomic mass is 10.2. The highest BCUT2D eigenvalue weighted by Crippen LogP contribution is 2.23. The van der Waals surface area contributed by atoms with Crippen molar-refractivity contribution in [3.63, 3.8) is 0 Å². The van der Waals surface area contributed by atoms with Gasteiger partial charge in [0.25, 0.3) is 5.91 Å². The van der Waals surface area contributed by atoms with Crippen molar-refractivity contribution in [3.8, 4) is 0 Å². The Morgan fingerprint density at radius 2 is 2.29 bits per heavy atom. The monoisotopic (exact) mass is 252 g/mol. The van der Waals surface area contributed by atoms with Gasteiger partial charge in [-0.1, -0.05) is 0 Å². The van der Waals surface area contributed by atoms with E-state index in [0.29, 0.717) is 17.2 Å². The number of rotatable bonds is 2. The van der Waals surface area contributed by atoms with Gasteiger partial charge in [0.2, 0.25) is 0 Å². The second kappa shape index (κ2) is 4.75. The van der Waals surface area contributed by atoms with Gasteiger partial charge in [0.1, 0.15) is 6.04 Å². The largest absolute Gasteiger partial charge is 0.480 e. The predicted molar refractivity (Wildman–Crippen MR) is 63.9 cm³/mol. The Bertz CT molecular complexity index is 447. The van der Waals surface area contributed by atoms with Gasteiger partial charge in [-0.2, -0.15) is 0 Å². The van der Waals surface area contributed by atoms with E-state index in [4.69, 9.17) is 5.11 Å². The number of carboxylic acids is 1. The molecule has 1 N–H and O–H groups in total. The predicted octanol–water partition coefficient (Wildman–Crippen LogP) is 0.990. The zero-order valence-corrected chi connectivity index (χ0v) is 10.1. The van der Waals surface area contributed by atoms with Crippen LogP contribution in [-0.2, 0) is 4.79 Å². The number of hydrogen-bond donors (Lipinski definition) is 1. The standard InChI is InChI=1S/C11H12N2O3S/c1-7-2-3-8(4-12-7)10(14)13-6-17-5-9(13)11(15)16/h2-4,9H,5-6H2,1H3,(H,15,16). The van der Waals surface area contributed by atoms with Crippen molar-refractivity contribution in [2.24, 2.45) is 0 Å². The first-order valence-electron chi connectivity index (χ1n) is 5.14. The fourth-order valence-corrected chi connectivity index (χ4v) is 2.75. The lowest BCUT2D eigenvalue weighted by Gasteiger charge is -2.20. The summed E-state index contributed by atoms with van der Waals surface area (Å²) in [6, 6.07) is 2.69. The number of thioether (sulfide) groups is 1. The van der Waals surface area contributed by atoms with E-state index in [0.717, 1.165) is 5.69 Å². The quantitative estimate of drug-likeness (QED) is 0.850. The number of pyridine rings is 1. The molecule has 1 aliphatic heterocycles. The molecule has 1 aromatic rings. The van der Waals surface area contributed by atoms with Crippen LogP contribution < -0.4 is 0 Å². The van der Waals surface area contributed by atoms with Crippen molar-refractivity contribution in [1.29, 1.82) is 0 Å². The molecule has 0 bridgehead atoms. The number of carbonyl (C=O) groups excluding carboxylic acids is 1. The molecule has 1 saturated heterocycles. The van der Waals surface area contributed by atoms with E-state index in [1.54, 1.807) is 12.1 Å². The minimum Gasteiger partial charge on any atom is -0.480 e. The van der Waals surface area contributed by atoms with Gasteiger partial charge in [0, 0.05) is 17.6 Å². The van der Waals surface area contributed by atoms with Crippen LogP contribution in [-0.4, -0.2) is 44.5 Å². The number of aromatic nitrogens is 1. The third-order valence-electron chi connectivity index (χ3n) is 2.59. The summed E-state index contributed by atoms with van der Waals surface area (Å²) < 4.78 is 0. The van der Waals surface area contributed by atoms with Crippen LogP contribution in [0.25, 0.3) is 0 Å². The highest BCUT2D eigenvalue weighted by atomic mass is 32.2. The van der Waals surface area contributed by atoms with Crippen LogP contribution in [0, 0.1) is 6.92 Å². The van der Waals surface area contributed by atoms with E-state index in [9.17, 15) is 9.59 Å². The lowest BCUT2D eigenvalue weighted by molar-refractivity contribution is -0.140. The Kier molecular flexibility index (Phi) is 3.33. The van der Waals surface area contributed by atoms with Gasteiger partial charge >= 0.3 is 5.97 Å². The van der Waals surface area contributed by atoms with Crippen LogP contribution in [0.3, 0.4) is 0 Å². The first kappa shape index (κ1) is 11.9. The fraction of sp³-hybridized carbons (Fsp3) is 0.364. The molecule has 0 aromatic carbocycles. The third-order valence-corrected chi connectivity index (χ3v) is 3.60. The molecule has 1 unspecified atom stereocenters. The molecule has 0 saturated carbocycles. The van der Waals surface area contributed by atoms with Crippen LogP contribution in [0.2, 0.25) is 0 Å². The molecular formula is C11H12N2O3S. The van der Waals surface area contributed by atoms with Crippen molar-refractivity contribution >= 4 is 23.6 Å². The second-order valence-electron chi connectivity index (χ2n) is 3.82. The Hall–Kier alpha value is -1.56. The molecule has 6 heteroatoms. The van der Waals surface area contributed by atoms with E-state index in [1.165, 1.54) is 22.9 Å². The highest BCUT2D eigenvalue weighted by Gasteiger charge is 2.34. The second-order valence-corrected chi connectivity index (χ2v) is 4.82. The average Bonchev–Trinajstić information content (AvgIpc) is 2.78. The summed E-state index contributed by atoms with van der Waals surface area (Å²) in [6.07, 6.45) is 1.49. The Balaban J connectivity index is 2.19. The maximum absolute atomic E-state index is 12.1. The molecular weight excluding hydrogens is 240 g/mol. The molecule has 90 valence electrons. The van der Waals surface area contributed by atoms with Crippen LogP contribution in [0.4, 0.5) is 0 Å². The average molecular weight is 252 g/mol. The number of hydrogen-bond acceptors (Lipinski definition) is 4. The molecule has 2 heterocycles. The number of aliphatic carboxylic acids is 1. The van der Waals surface area contributed by atoms with Crippen molar-refractivity contribution in [1.82, 2.24) is 9.88 Å². The van der Waals surface area contributed by atoms with E-state index in [1.807, 2.05) is 6.92 Å². The smallest absolute Gasteiger partial charge is 0.327 e. The molecule has 2 rings (SSSR count). The normalized spacial score (nSPS) is 19.4. The minimum absolute atomic E-state index is 0.269. The molecule has 1 amide bonds. The summed E-state index contributed by atoms with van der Waals surface area (Å²) in [5, 5.41) is 9.00. The molecule has 0 aliphatic carbocycles. The van der Waals surface area contributed by atoms with E-state index in [2.05, 4.69) is 4.98 Å². The third kappa shape index (κ3) is 2.41. The Labute approximate surface area is 103 Å². The molecule has 1 aromatic heterocycles. The Morgan fingerprint density at radius 3 is 2.88 bits per heavy atom. The van der Waals surface area contributed by atoms with E-state index >= 15 is 0 Å². The maximum Gasteiger partial charge on any atom is 0.327 e. The molecule has 1 atom stereocenters. The summed E-state index contributed by atoms with van der Waals surface area (Å²) in [5.41, 5.74) is 1.26. The fourth-order valence-electron chi connectivity index (χ4n) is 1.61. The van der Waals surface area contributed by atoms with Crippen LogP contribution >= 0.6 is 11.8 Å². The van der Waals surface area contributed by atoms with E-state index < -0.39 is 12.0 Å². The van der Waals surface area contributed by atoms with Crippen LogP contribution in [0.1, 0.15) is 16.1 Å². The summed E-state index contributed by atoms with van der Waals surface area (Å²) in [5.74, 6) is -0.359. The summed E-state index contributed by atoms with van der Waals surface area (Å²) in [6.45, 7) is 1.83. The number of amides is 1. The van der Waals surface area contributed by atoms with Gasteiger partial charge in [-0.15, -0.1) is 11.8 Å².